The summed E-state index contributed by atoms with van der Waals surface area (Å²) < 4.78 is 0. The minimum absolute atomic E-state index is 0.0919. The van der Waals surface area contributed by atoms with E-state index in [1.807, 2.05) is 23.6 Å². The van der Waals surface area contributed by atoms with Crippen LogP contribution in [0, 0.1) is 5.92 Å². The van der Waals surface area contributed by atoms with Crippen LogP contribution in [0.1, 0.15) is 19.8 Å². The van der Waals surface area contributed by atoms with Crippen LogP contribution in [0.3, 0.4) is 0 Å². The van der Waals surface area contributed by atoms with Gasteiger partial charge in [-0.1, -0.05) is 6.58 Å². The molecule has 0 aromatic carbocycles. The third-order valence-electron chi connectivity index (χ3n) is 3.85. The molecular formula is C14H22N2O2S. The number of hydrogen-bond acceptors (Lipinski definition) is 3. The van der Waals surface area contributed by atoms with Crippen molar-refractivity contribution in [3.63, 3.8) is 0 Å². The highest BCUT2D eigenvalue weighted by atomic mass is 32.2. The van der Waals surface area contributed by atoms with Crippen LogP contribution in [-0.2, 0) is 9.59 Å². The number of carbonyl (C=O) groups is 2. The van der Waals surface area contributed by atoms with E-state index in [9.17, 15) is 9.59 Å². The van der Waals surface area contributed by atoms with Crippen LogP contribution >= 0.6 is 11.8 Å². The number of carbonyl (C=O) groups excluding carboxylic acids is 2. The molecule has 1 saturated carbocycles. The number of hydrogen-bond donors (Lipinski definition) is 0. The Kier molecular flexibility index (Phi) is 4.91. The lowest BCUT2D eigenvalue weighted by Gasteiger charge is -2.36. The van der Waals surface area contributed by atoms with Gasteiger partial charge in [0.15, 0.2) is 0 Å². The van der Waals surface area contributed by atoms with Crippen molar-refractivity contribution in [2.24, 2.45) is 5.92 Å². The zero-order valence-electron chi connectivity index (χ0n) is 11.5. The molecule has 0 spiro atoms. The van der Waals surface area contributed by atoms with Crippen molar-refractivity contribution in [1.82, 2.24) is 9.80 Å². The smallest absolute Gasteiger partial charge is 0.246 e. The quantitative estimate of drug-likeness (QED) is 0.715. The van der Waals surface area contributed by atoms with Gasteiger partial charge in [0.1, 0.15) is 6.54 Å². The van der Waals surface area contributed by atoms with Crippen molar-refractivity contribution in [2.45, 2.75) is 25.8 Å². The predicted octanol–water partition coefficient (Wildman–Crippen LogP) is 1.37. The van der Waals surface area contributed by atoms with Crippen LogP contribution in [-0.4, -0.2) is 58.8 Å². The van der Waals surface area contributed by atoms with E-state index in [1.54, 1.807) is 4.90 Å². The summed E-state index contributed by atoms with van der Waals surface area (Å²) in [7, 11) is 0. The number of rotatable bonds is 5. The van der Waals surface area contributed by atoms with E-state index >= 15 is 0 Å². The third kappa shape index (κ3) is 3.53. The van der Waals surface area contributed by atoms with Crippen LogP contribution in [0.5, 0.6) is 0 Å². The molecule has 1 aliphatic heterocycles. The summed E-state index contributed by atoms with van der Waals surface area (Å²) in [5.74, 6) is 2.69. The molecule has 1 heterocycles. The average molecular weight is 282 g/mol. The van der Waals surface area contributed by atoms with Crippen LogP contribution in [0.25, 0.3) is 0 Å². The van der Waals surface area contributed by atoms with Crippen LogP contribution in [0.15, 0.2) is 12.7 Å². The van der Waals surface area contributed by atoms with Crippen molar-refractivity contribution in [3.8, 4) is 0 Å². The normalized spacial score (nSPS) is 23.0. The highest BCUT2D eigenvalue weighted by molar-refractivity contribution is 7.99. The van der Waals surface area contributed by atoms with E-state index < -0.39 is 0 Å². The Bertz CT molecular complexity index is 368. The van der Waals surface area contributed by atoms with Crippen molar-refractivity contribution in [3.05, 3.63) is 12.7 Å². The molecule has 0 bridgehead atoms. The third-order valence-corrected chi connectivity index (χ3v) is 4.89. The second-order valence-electron chi connectivity index (χ2n) is 5.12. The minimum Gasteiger partial charge on any atom is -0.336 e. The van der Waals surface area contributed by atoms with Gasteiger partial charge in [0.2, 0.25) is 11.8 Å². The fourth-order valence-corrected chi connectivity index (χ4v) is 3.72. The predicted molar refractivity (Wildman–Crippen MR) is 78.0 cm³/mol. The fraction of sp³-hybridized carbons (Fsp3) is 0.714. The van der Waals surface area contributed by atoms with Crippen molar-refractivity contribution in [2.75, 3.05) is 31.1 Å². The molecule has 0 aromatic rings. The van der Waals surface area contributed by atoms with Crippen LogP contribution in [0.2, 0.25) is 0 Å². The molecule has 1 unspecified atom stereocenters. The van der Waals surface area contributed by atoms with Gasteiger partial charge in [-0.3, -0.25) is 9.59 Å². The van der Waals surface area contributed by atoms with Gasteiger partial charge in [-0.15, -0.1) is 0 Å². The average Bonchev–Trinajstić information content (AvgIpc) is 3.28. The zero-order valence-corrected chi connectivity index (χ0v) is 12.3. The SMILES string of the molecule is C=CC(=O)N(CC)CC(=O)N1CCSCC1C1CC1. The van der Waals surface area contributed by atoms with E-state index in [0.29, 0.717) is 18.5 Å². The molecule has 1 saturated heterocycles. The molecule has 0 radical (unpaired) electrons. The van der Waals surface area contributed by atoms with Gasteiger partial charge in [0, 0.05) is 30.6 Å². The van der Waals surface area contributed by atoms with Gasteiger partial charge >= 0.3 is 0 Å². The fourth-order valence-electron chi connectivity index (χ4n) is 2.53. The van der Waals surface area contributed by atoms with Crippen LogP contribution < -0.4 is 0 Å². The molecule has 0 N–H and O–H groups in total. The summed E-state index contributed by atoms with van der Waals surface area (Å²) in [4.78, 5) is 27.6. The number of nitrogens with zero attached hydrogens (tertiary/aromatic N) is 2. The summed E-state index contributed by atoms with van der Waals surface area (Å²) in [5, 5.41) is 0. The number of thioether (sulfide) groups is 1. The topological polar surface area (TPSA) is 40.6 Å². The monoisotopic (exact) mass is 282 g/mol. The Morgan fingerprint density at radius 2 is 2.21 bits per heavy atom. The summed E-state index contributed by atoms with van der Waals surface area (Å²) in [6.45, 7) is 6.93. The lowest BCUT2D eigenvalue weighted by atomic mass is 10.1. The van der Waals surface area contributed by atoms with Gasteiger partial charge in [-0.05, 0) is 31.8 Å². The van der Waals surface area contributed by atoms with Gasteiger partial charge in [-0.2, -0.15) is 11.8 Å². The van der Waals surface area contributed by atoms with Gasteiger partial charge in [-0.25, -0.2) is 0 Å². The minimum atomic E-state index is -0.162. The highest BCUT2D eigenvalue weighted by Crippen LogP contribution is 2.38. The first-order valence-electron chi connectivity index (χ1n) is 6.96. The molecule has 4 nitrogen and oxygen atoms in total. The standard InChI is InChI=1S/C14H22N2O2S/c1-3-13(17)15(4-2)9-14(18)16-7-8-19-10-12(16)11-5-6-11/h3,11-12H,1,4-10H2,2H3. The van der Waals surface area contributed by atoms with Crippen molar-refractivity contribution >= 4 is 23.6 Å². The maximum atomic E-state index is 12.4. The Labute approximate surface area is 119 Å². The second kappa shape index (κ2) is 6.46. The maximum absolute atomic E-state index is 12.4. The molecule has 106 valence electrons. The highest BCUT2D eigenvalue weighted by Gasteiger charge is 2.39. The molecule has 2 amide bonds. The lowest BCUT2D eigenvalue weighted by molar-refractivity contribution is -0.139. The zero-order chi connectivity index (χ0) is 13.8. The summed E-state index contributed by atoms with van der Waals surface area (Å²) in [5.41, 5.74) is 0. The molecule has 19 heavy (non-hydrogen) atoms. The molecule has 1 aliphatic carbocycles. The first-order valence-corrected chi connectivity index (χ1v) is 8.11. The number of likely N-dealkylation sites (N-methyl/N-ethyl adjacent to an activating group) is 1. The van der Waals surface area contributed by atoms with E-state index in [1.165, 1.54) is 18.9 Å². The number of amides is 2. The molecule has 0 aromatic heterocycles. The molecule has 1 atom stereocenters. The second-order valence-corrected chi connectivity index (χ2v) is 6.27. The van der Waals surface area contributed by atoms with E-state index in [-0.39, 0.29) is 18.4 Å². The largest absolute Gasteiger partial charge is 0.336 e. The molecule has 2 rings (SSSR count). The molecular weight excluding hydrogens is 260 g/mol. The van der Waals surface area contributed by atoms with E-state index in [2.05, 4.69) is 6.58 Å². The summed E-state index contributed by atoms with van der Waals surface area (Å²) in [6.07, 6.45) is 3.78. The van der Waals surface area contributed by atoms with Gasteiger partial charge in [0.25, 0.3) is 0 Å². The Hall–Kier alpha value is -0.970. The summed E-state index contributed by atoms with van der Waals surface area (Å²) in [6, 6.07) is 0.392. The van der Waals surface area contributed by atoms with Crippen molar-refractivity contribution < 1.29 is 9.59 Å². The Morgan fingerprint density at radius 3 is 2.79 bits per heavy atom. The lowest BCUT2D eigenvalue weighted by Crippen LogP contribution is -2.51. The first kappa shape index (κ1) is 14.4. The van der Waals surface area contributed by atoms with Crippen molar-refractivity contribution in [1.29, 1.82) is 0 Å². The first-order chi connectivity index (χ1) is 9.17. The van der Waals surface area contributed by atoms with E-state index in [4.69, 9.17) is 0 Å². The van der Waals surface area contributed by atoms with Gasteiger partial charge < -0.3 is 9.80 Å². The van der Waals surface area contributed by atoms with Gasteiger partial charge in [0.05, 0.1) is 0 Å². The Balaban J connectivity index is 1.96. The van der Waals surface area contributed by atoms with E-state index in [0.717, 1.165) is 18.1 Å². The molecule has 2 aliphatic rings. The van der Waals surface area contributed by atoms with Crippen LogP contribution in [0.4, 0.5) is 0 Å². The molecule has 5 heteroatoms. The summed E-state index contributed by atoms with van der Waals surface area (Å²) >= 11 is 1.94. The maximum Gasteiger partial charge on any atom is 0.246 e. The Morgan fingerprint density at radius 1 is 1.47 bits per heavy atom. The molecule has 2 fully saturated rings.